The molecule has 1 aliphatic rings. The number of halogens is 6. The number of nitrogens with two attached hydrogens (primary N) is 4. The van der Waals surface area contributed by atoms with Crippen LogP contribution in [0.4, 0.5) is 26.3 Å². The number of aliphatic carboxylic acids is 2. The normalized spacial score (nSPS) is 18.2. The molecule has 3 aromatic carbocycles. The minimum atomic E-state index is -5.08. The Kier molecular flexibility index (Phi) is 21.6. The number of nitrogens with zero attached hydrogens (tertiary/aromatic N) is 2. The van der Waals surface area contributed by atoms with Gasteiger partial charge < -0.3 is 64.8 Å². The Morgan fingerprint density at radius 3 is 1.51 bits per heavy atom. The Morgan fingerprint density at radius 2 is 1.03 bits per heavy atom. The van der Waals surface area contributed by atoms with E-state index in [9.17, 15) is 55.4 Å². The zero-order valence-corrected chi connectivity index (χ0v) is 35.2. The monoisotopic (exact) mass is 957 g/mol. The number of hydrogen-bond donors (Lipinski definition) is 12. The lowest BCUT2D eigenvalue weighted by atomic mass is 9.98. The third kappa shape index (κ3) is 20.7. The second-order valence-electron chi connectivity index (χ2n) is 14.2. The maximum atomic E-state index is 14.0. The lowest BCUT2D eigenvalue weighted by molar-refractivity contribution is -0.193. The summed E-state index contributed by atoms with van der Waals surface area (Å²) in [5.74, 6) is -9.18. The number of rotatable bonds is 12. The maximum absolute atomic E-state index is 14.0. The van der Waals surface area contributed by atoms with Crippen molar-refractivity contribution in [3.8, 4) is 5.75 Å². The van der Waals surface area contributed by atoms with E-state index in [2.05, 4.69) is 36.6 Å². The summed E-state index contributed by atoms with van der Waals surface area (Å²) in [6.45, 7) is -0.198. The molecule has 1 aliphatic heterocycles. The number of carbonyl (C=O) groups is 7. The van der Waals surface area contributed by atoms with E-state index in [1.807, 2.05) is 42.5 Å². The number of amides is 5. The van der Waals surface area contributed by atoms with E-state index in [0.29, 0.717) is 5.56 Å². The first-order valence-corrected chi connectivity index (χ1v) is 19.7. The molecule has 0 aliphatic carbocycles. The molecule has 3 aromatic rings. The van der Waals surface area contributed by atoms with Crippen LogP contribution < -0.4 is 49.5 Å². The first-order valence-electron chi connectivity index (χ1n) is 19.7. The number of phenolic OH excluding ortho intramolecular Hbond substituents is 1. The molecule has 67 heavy (non-hydrogen) atoms. The number of aromatic hydroxyl groups is 1. The zero-order chi connectivity index (χ0) is 50.5. The van der Waals surface area contributed by atoms with E-state index in [-0.39, 0.29) is 69.3 Å². The quantitative estimate of drug-likeness (QED) is 0.0483. The molecule has 5 amide bonds. The first-order chi connectivity index (χ1) is 31.3. The zero-order valence-electron chi connectivity index (χ0n) is 35.2. The molecule has 0 spiro atoms. The summed E-state index contributed by atoms with van der Waals surface area (Å²) in [4.78, 5) is 94.4. The molecule has 0 bridgehead atoms. The second kappa shape index (κ2) is 26.2. The number of fused-ring (bicyclic) bond motifs is 1. The van der Waals surface area contributed by atoms with Gasteiger partial charge in [0, 0.05) is 25.9 Å². The van der Waals surface area contributed by atoms with Gasteiger partial charge in [0.2, 0.25) is 29.5 Å². The van der Waals surface area contributed by atoms with Gasteiger partial charge in [0.1, 0.15) is 29.9 Å². The summed E-state index contributed by atoms with van der Waals surface area (Å²) >= 11 is 0. The number of alkyl halides is 6. The fourth-order valence-electron chi connectivity index (χ4n) is 5.87. The number of benzene rings is 3. The van der Waals surface area contributed by atoms with Gasteiger partial charge in [-0.15, -0.1) is 0 Å². The number of guanidine groups is 2. The van der Waals surface area contributed by atoms with Crippen molar-refractivity contribution in [1.29, 1.82) is 0 Å². The number of carboxylic acid groups (broad SMARTS) is 2. The fraction of sp³-hybridized carbons (Fsp3) is 0.375. The molecule has 16 N–H and O–H groups in total. The molecule has 4 atom stereocenters. The lowest BCUT2D eigenvalue weighted by Crippen LogP contribution is -2.58. The highest BCUT2D eigenvalue weighted by Crippen LogP contribution is 2.21. The molecule has 0 aromatic heterocycles. The van der Waals surface area contributed by atoms with Gasteiger partial charge in [-0.2, -0.15) is 26.3 Å². The number of phenols is 1. The van der Waals surface area contributed by atoms with Crippen LogP contribution in [0, 0.1) is 0 Å². The van der Waals surface area contributed by atoms with Crippen LogP contribution in [0.2, 0.25) is 0 Å². The Balaban J connectivity index is 0.000000952. The van der Waals surface area contributed by atoms with Gasteiger partial charge in [-0.3, -0.25) is 34.0 Å². The standard InChI is InChI=1S/C36H47N11O6.2C2HF3O2/c37-35(38)41-16-4-10-26-32(51)45-27(11-5-17-42-36(39)40)33(52)47-29(19-23-8-3-7-22-6-1-2-9-25(22)23)31(50)43-20-30(49)44-28(34(53)46-26)18-21-12-14-24(48)15-13-21;2*3-2(4,5)1(6)7/h1-3,6-9,12-15,26-29,48H,4-5,10-11,16-20H2,(H,43,50)(H,44,49)(H,45,51)(H,46,53)(H,47,52)(H4,37,38,41)(H4,39,40,42);2*(H,6,7)/t26-,27-,28+,29-;;/m0../s1. The van der Waals surface area contributed by atoms with Gasteiger partial charge in [-0.1, -0.05) is 54.6 Å². The largest absolute Gasteiger partial charge is 0.508 e. The number of carboxylic acids is 2. The first kappa shape index (κ1) is 55.3. The predicted octanol–water partition coefficient (Wildman–Crippen LogP) is -0.227. The average molecular weight is 958 g/mol. The van der Waals surface area contributed by atoms with Crippen LogP contribution in [0.1, 0.15) is 36.8 Å². The van der Waals surface area contributed by atoms with Gasteiger partial charge in [-0.25, -0.2) is 9.59 Å². The minimum absolute atomic E-state index is 0.00863. The van der Waals surface area contributed by atoms with E-state index >= 15 is 0 Å². The fourth-order valence-corrected chi connectivity index (χ4v) is 5.87. The smallest absolute Gasteiger partial charge is 0.490 e. The minimum Gasteiger partial charge on any atom is -0.508 e. The van der Waals surface area contributed by atoms with Crippen molar-refractivity contribution in [3.63, 3.8) is 0 Å². The highest BCUT2D eigenvalue weighted by molar-refractivity contribution is 5.97. The number of carbonyl (C=O) groups excluding carboxylic acids is 5. The Hall–Kier alpha value is -7.87. The molecule has 4 rings (SSSR count). The third-order valence-electron chi connectivity index (χ3n) is 9.03. The molecule has 1 heterocycles. The van der Waals surface area contributed by atoms with Gasteiger partial charge in [0.25, 0.3) is 0 Å². The van der Waals surface area contributed by atoms with Crippen LogP contribution in [-0.4, -0.2) is 125 Å². The summed E-state index contributed by atoms with van der Waals surface area (Å²) in [5, 5.41) is 39.3. The summed E-state index contributed by atoms with van der Waals surface area (Å²) in [7, 11) is 0. The second-order valence-corrected chi connectivity index (χ2v) is 14.2. The molecular formula is C40H49F6N11O10. The lowest BCUT2D eigenvalue weighted by Gasteiger charge is -2.26. The maximum Gasteiger partial charge on any atom is 0.490 e. The van der Waals surface area contributed by atoms with E-state index in [1.54, 1.807) is 12.1 Å². The third-order valence-corrected chi connectivity index (χ3v) is 9.03. The van der Waals surface area contributed by atoms with Crippen molar-refractivity contribution in [2.24, 2.45) is 32.9 Å². The summed E-state index contributed by atoms with van der Waals surface area (Å²) in [6.07, 6.45) is -9.41. The van der Waals surface area contributed by atoms with E-state index in [0.717, 1.165) is 16.3 Å². The topological polar surface area (TPSA) is 369 Å². The van der Waals surface area contributed by atoms with Crippen LogP contribution in [0.15, 0.2) is 76.7 Å². The van der Waals surface area contributed by atoms with Crippen molar-refractivity contribution in [2.75, 3.05) is 19.6 Å². The molecule has 1 saturated heterocycles. The van der Waals surface area contributed by atoms with E-state index < -0.39 is 84.5 Å². The molecule has 0 radical (unpaired) electrons. The van der Waals surface area contributed by atoms with Gasteiger partial charge >= 0.3 is 24.3 Å². The van der Waals surface area contributed by atoms with Crippen molar-refractivity contribution >= 4 is 64.2 Å². The van der Waals surface area contributed by atoms with Gasteiger partial charge in [-0.05, 0) is 59.7 Å². The number of hydrogen-bond acceptors (Lipinski definition) is 10. The molecule has 366 valence electrons. The average Bonchev–Trinajstić information content (AvgIpc) is 3.24. The number of nitrogens with one attached hydrogen (secondary N) is 5. The highest BCUT2D eigenvalue weighted by Gasteiger charge is 2.39. The van der Waals surface area contributed by atoms with E-state index in [1.165, 1.54) is 12.1 Å². The van der Waals surface area contributed by atoms with Gasteiger partial charge in [0.05, 0.1) is 6.54 Å². The molecular weight excluding hydrogens is 908 g/mol. The Morgan fingerprint density at radius 1 is 0.597 bits per heavy atom. The van der Waals surface area contributed by atoms with Crippen LogP contribution in [0.25, 0.3) is 10.8 Å². The van der Waals surface area contributed by atoms with Crippen LogP contribution >= 0.6 is 0 Å². The van der Waals surface area contributed by atoms with Crippen molar-refractivity contribution in [2.45, 2.75) is 75.0 Å². The van der Waals surface area contributed by atoms with Crippen LogP contribution in [-0.2, 0) is 46.4 Å². The molecule has 1 fully saturated rings. The Bertz CT molecular complexity index is 2220. The van der Waals surface area contributed by atoms with Crippen LogP contribution in [0.3, 0.4) is 0 Å². The van der Waals surface area contributed by atoms with Crippen molar-refractivity contribution in [3.05, 3.63) is 77.9 Å². The summed E-state index contributed by atoms with van der Waals surface area (Å²) in [6, 6.07) is 14.6. The molecule has 21 nitrogen and oxygen atoms in total. The predicted molar refractivity (Wildman–Crippen MR) is 227 cm³/mol. The van der Waals surface area contributed by atoms with Gasteiger partial charge in [0.15, 0.2) is 11.9 Å². The van der Waals surface area contributed by atoms with Crippen LogP contribution in [0.5, 0.6) is 5.75 Å². The van der Waals surface area contributed by atoms with E-state index in [4.69, 9.17) is 42.7 Å². The highest BCUT2D eigenvalue weighted by atomic mass is 19.4. The summed E-state index contributed by atoms with van der Waals surface area (Å²) in [5.41, 5.74) is 23.2. The Labute approximate surface area is 376 Å². The van der Waals surface area contributed by atoms with Crippen molar-refractivity contribution < 1.29 is 75.2 Å². The molecule has 0 saturated carbocycles. The summed E-state index contributed by atoms with van der Waals surface area (Å²) < 4.78 is 63.5. The molecule has 0 unspecified atom stereocenters. The molecule has 27 heteroatoms. The number of aliphatic imine (C=N–C) groups is 2. The van der Waals surface area contributed by atoms with Crippen molar-refractivity contribution in [1.82, 2.24) is 26.6 Å². The SMILES string of the molecule is NC(N)=NCCC[C@@H]1NC(=O)[C@H](CCCN=C(N)N)NC(=O)[C@@H](Cc2ccc(O)cc2)NC(=O)CNC(=O)[C@H](Cc2cccc3ccccc23)NC1=O.O=C(O)C(F)(F)F.O=C(O)C(F)(F)F.